The molecule has 1 fully saturated rings. The molecule has 9 heteroatoms. The van der Waals surface area contributed by atoms with E-state index in [4.69, 9.17) is 9.47 Å². The highest BCUT2D eigenvalue weighted by Gasteiger charge is 2.27. The van der Waals surface area contributed by atoms with Crippen molar-refractivity contribution >= 4 is 22.8 Å². The predicted octanol–water partition coefficient (Wildman–Crippen LogP) is 1.34. The Labute approximate surface area is 162 Å². The zero-order chi connectivity index (χ0) is 19.7. The van der Waals surface area contributed by atoms with E-state index < -0.39 is 0 Å². The molecule has 9 nitrogen and oxygen atoms in total. The van der Waals surface area contributed by atoms with Gasteiger partial charge in [0.05, 0.1) is 31.4 Å². The molecule has 0 saturated carbocycles. The Hall–Kier alpha value is -3.36. The number of methoxy groups -OCH3 is 2. The number of aromatic nitrogens is 4. The highest BCUT2D eigenvalue weighted by molar-refractivity contribution is 5.98. The topological polar surface area (TPSA) is 85.6 Å². The maximum atomic E-state index is 13.0. The molecule has 28 heavy (non-hydrogen) atoms. The predicted molar refractivity (Wildman–Crippen MR) is 104 cm³/mol. The van der Waals surface area contributed by atoms with Crippen LogP contribution in [0, 0.1) is 0 Å². The summed E-state index contributed by atoms with van der Waals surface area (Å²) < 4.78 is 12.4. The summed E-state index contributed by atoms with van der Waals surface area (Å²) in [5, 5.41) is 5.18. The van der Waals surface area contributed by atoms with Gasteiger partial charge < -0.3 is 19.3 Å². The highest BCUT2D eigenvalue weighted by atomic mass is 16.5. The minimum Gasteiger partial charge on any atom is -0.493 e. The molecule has 1 amide bonds. The lowest BCUT2D eigenvalue weighted by Gasteiger charge is -2.35. The molecule has 0 radical (unpaired) electrons. The van der Waals surface area contributed by atoms with Crippen LogP contribution in [0.25, 0.3) is 11.0 Å². The third-order valence-corrected chi connectivity index (χ3v) is 5.01. The van der Waals surface area contributed by atoms with E-state index in [9.17, 15) is 4.79 Å². The molecule has 0 atom stereocenters. The molecule has 1 aliphatic rings. The molecule has 2 aromatic heterocycles. The fraction of sp³-hybridized carbons (Fsp3) is 0.368. The van der Waals surface area contributed by atoms with E-state index in [2.05, 4.69) is 20.0 Å². The fourth-order valence-electron chi connectivity index (χ4n) is 3.55. The third kappa shape index (κ3) is 2.98. The lowest BCUT2D eigenvalue weighted by Crippen LogP contribution is -2.49. The second-order valence-corrected chi connectivity index (χ2v) is 6.52. The van der Waals surface area contributed by atoms with Crippen molar-refractivity contribution in [2.45, 2.75) is 0 Å². The van der Waals surface area contributed by atoms with Crippen molar-refractivity contribution < 1.29 is 14.3 Å². The summed E-state index contributed by atoms with van der Waals surface area (Å²) in [6, 6.07) is 5.34. The number of amides is 1. The maximum absolute atomic E-state index is 13.0. The minimum atomic E-state index is -0.0652. The molecule has 3 aromatic rings. The van der Waals surface area contributed by atoms with Gasteiger partial charge in [0.1, 0.15) is 12.1 Å². The summed E-state index contributed by atoms with van der Waals surface area (Å²) >= 11 is 0. The van der Waals surface area contributed by atoms with E-state index >= 15 is 0 Å². The average Bonchev–Trinajstić information content (AvgIpc) is 3.13. The normalized spacial score (nSPS) is 14.4. The first kappa shape index (κ1) is 18.0. The Balaban J connectivity index is 1.52. The van der Waals surface area contributed by atoms with Crippen LogP contribution < -0.4 is 14.4 Å². The molecular weight excluding hydrogens is 360 g/mol. The first-order valence-electron chi connectivity index (χ1n) is 9.02. The second-order valence-electron chi connectivity index (χ2n) is 6.52. The first-order valence-corrected chi connectivity index (χ1v) is 9.02. The van der Waals surface area contributed by atoms with Gasteiger partial charge in [-0.3, -0.25) is 9.48 Å². The van der Waals surface area contributed by atoms with Gasteiger partial charge in [-0.05, 0) is 12.1 Å². The van der Waals surface area contributed by atoms with Gasteiger partial charge in [-0.25, -0.2) is 9.97 Å². The zero-order valence-corrected chi connectivity index (χ0v) is 16.1. The Morgan fingerprint density at radius 3 is 2.57 bits per heavy atom. The number of aryl methyl sites for hydroxylation is 1. The quantitative estimate of drug-likeness (QED) is 0.673. The number of carbonyl (C=O) groups excluding carboxylic acids is 1. The van der Waals surface area contributed by atoms with E-state index in [1.165, 1.54) is 0 Å². The zero-order valence-electron chi connectivity index (χ0n) is 16.1. The van der Waals surface area contributed by atoms with E-state index in [1.807, 2.05) is 11.9 Å². The van der Waals surface area contributed by atoms with E-state index in [-0.39, 0.29) is 5.91 Å². The number of fused-ring (bicyclic) bond motifs is 1. The Kier molecular flexibility index (Phi) is 4.72. The molecule has 1 saturated heterocycles. The number of hydrogen-bond donors (Lipinski definition) is 0. The largest absolute Gasteiger partial charge is 0.493 e. The molecule has 0 aliphatic carbocycles. The molecule has 1 aromatic carbocycles. The van der Waals surface area contributed by atoms with Crippen molar-refractivity contribution in [3.05, 3.63) is 36.3 Å². The van der Waals surface area contributed by atoms with Crippen molar-refractivity contribution in [2.24, 2.45) is 7.05 Å². The molecular formula is C19H22N6O3. The summed E-state index contributed by atoms with van der Waals surface area (Å²) in [5.74, 6) is 1.80. The Morgan fingerprint density at radius 2 is 1.86 bits per heavy atom. The van der Waals surface area contributed by atoms with Crippen LogP contribution in [-0.4, -0.2) is 71.0 Å². The number of anilines is 1. The van der Waals surface area contributed by atoms with Gasteiger partial charge in [0.15, 0.2) is 17.1 Å². The SMILES string of the molecule is COc1cccc(C(=O)N2CCN(c3ncnc4c3cnn4C)CC2)c1OC. The van der Waals surface area contributed by atoms with Gasteiger partial charge in [0.2, 0.25) is 0 Å². The van der Waals surface area contributed by atoms with Crippen LogP contribution in [-0.2, 0) is 7.05 Å². The number of piperazine rings is 1. The van der Waals surface area contributed by atoms with Gasteiger partial charge in [0, 0.05) is 33.2 Å². The summed E-state index contributed by atoms with van der Waals surface area (Å²) in [5.41, 5.74) is 1.30. The monoisotopic (exact) mass is 382 g/mol. The van der Waals surface area contributed by atoms with Crippen molar-refractivity contribution in [1.29, 1.82) is 0 Å². The summed E-state index contributed by atoms with van der Waals surface area (Å²) in [6.07, 6.45) is 3.33. The van der Waals surface area contributed by atoms with Crippen molar-refractivity contribution in [3.63, 3.8) is 0 Å². The van der Waals surface area contributed by atoms with E-state index in [0.29, 0.717) is 43.2 Å². The van der Waals surface area contributed by atoms with Gasteiger partial charge in [-0.2, -0.15) is 5.10 Å². The van der Waals surface area contributed by atoms with Gasteiger partial charge >= 0.3 is 0 Å². The molecule has 3 heterocycles. The summed E-state index contributed by atoms with van der Waals surface area (Å²) in [7, 11) is 4.96. The molecule has 146 valence electrons. The van der Waals surface area contributed by atoms with Gasteiger partial charge in [-0.1, -0.05) is 6.07 Å². The molecule has 0 bridgehead atoms. The molecule has 4 rings (SSSR count). The molecule has 0 unspecified atom stereocenters. The number of ether oxygens (including phenoxy) is 2. The van der Waals surface area contributed by atoms with Gasteiger partial charge in [-0.15, -0.1) is 0 Å². The van der Waals surface area contributed by atoms with Crippen molar-refractivity contribution in [2.75, 3.05) is 45.3 Å². The lowest BCUT2D eigenvalue weighted by molar-refractivity contribution is 0.0742. The number of benzene rings is 1. The van der Waals surface area contributed by atoms with Crippen LogP contribution >= 0.6 is 0 Å². The van der Waals surface area contributed by atoms with Crippen LogP contribution in [0.15, 0.2) is 30.7 Å². The Morgan fingerprint density at radius 1 is 1.07 bits per heavy atom. The van der Waals surface area contributed by atoms with Crippen molar-refractivity contribution in [1.82, 2.24) is 24.6 Å². The Bertz CT molecular complexity index is 1010. The van der Waals surface area contributed by atoms with E-state index in [1.54, 1.807) is 49.6 Å². The number of rotatable bonds is 4. The van der Waals surface area contributed by atoms with Gasteiger partial charge in [0.25, 0.3) is 5.91 Å². The lowest BCUT2D eigenvalue weighted by atomic mass is 10.1. The number of hydrogen-bond acceptors (Lipinski definition) is 7. The fourth-order valence-corrected chi connectivity index (χ4v) is 3.55. The number of carbonyl (C=O) groups is 1. The standard InChI is InChI=1S/C19H22N6O3/c1-23-17-14(11-22-23)18(21-12-20-17)24-7-9-25(10-8-24)19(26)13-5-4-6-15(27-2)16(13)28-3/h4-6,11-12H,7-10H2,1-3H3. The first-order chi connectivity index (χ1) is 13.6. The molecule has 0 spiro atoms. The maximum Gasteiger partial charge on any atom is 0.257 e. The molecule has 1 aliphatic heterocycles. The third-order valence-electron chi connectivity index (χ3n) is 5.01. The summed E-state index contributed by atoms with van der Waals surface area (Å²) in [6.45, 7) is 2.54. The summed E-state index contributed by atoms with van der Waals surface area (Å²) in [4.78, 5) is 25.8. The van der Waals surface area contributed by atoms with Crippen LogP contribution in [0.1, 0.15) is 10.4 Å². The highest BCUT2D eigenvalue weighted by Crippen LogP contribution is 2.32. The second kappa shape index (κ2) is 7.34. The van der Waals surface area contributed by atoms with Crippen molar-refractivity contribution in [3.8, 4) is 11.5 Å². The van der Waals surface area contributed by atoms with Crippen LogP contribution in [0.2, 0.25) is 0 Å². The van der Waals surface area contributed by atoms with Crippen LogP contribution in [0.5, 0.6) is 11.5 Å². The van der Waals surface area contributed by atoms with Crippen LogP contribution in [0.4, 0.5) is 5.82 Å². The minimum absolute atomic E-state index is 0.0652. The van der Waals surface area contributed by atoms with Crippen LogP contribution in [0.3, 0.4) is 0 Å². The molecule has 0 N–H and O–H groups in total. The average molecular weight is 382 g/mol. The van der Waals surface area contributed by atoms with E-state index in [0.717, 1.165) is 16.9 Å². The number of para-hydroxylation sites is 1. The number of nitrogens with zero attached hydrogens (tertiary/aromatic N) is 6. The smallest absolute Gasteiger partial charge is 0.257 e.